The lowest BCUT2D eigenvalue weighted by atomic mass is 9.60. The van der Waals surface area contributed by atoms with E-state index in [2.05, 4.69) is 17.6 Å². The van der Waals surface area contributed by atoms with Gasteiger partial charge in [-0.2, -0.15) is 13.2 Å². The molecule has 0 radical (unpaired) electrons. The molecule has 4 aliphatic rings. The first-order valence-corrected chi connectivity index (χ1v) is 13.3. The number of aliphatic hydroxyl groups is 1. The van der Waals surface area contributed by atoms with E-state index in [1.54, 1.807) is 6.92 Å². The number of aliphatic hydroxyl groups excluding tert-OH is 1. The first kappa shape index (κ1) is 26.5. The highest BCUT2D eigenvalue weighted by Gasteiger charge is 2.58. The fourth-order valence-corrected chi connectivity index (χ4v) is 7.03. The van der Waals surface area contributed by atoms with Gasteiger partial charge in [-0.1, -0.05) is 6.92 Å². The zero-order chi connectivity index (χ0) is 25.4. The van der Waals surface area contributed by atoms with Crippen molar-refractivity contribution in [3.8, 4) is 0 Å². The summed E-state index contributed by atoms with van der Waals surface area (Å²) < 4.78 is 39.3. The average Bonchev–Trinajstić information content (AvgIpc) is 2.85. The Balaban J connectivity index is 1.77. The normalized spacial score (nSPS) is 36.7. The van der Waals surface area contributed by atoms with Gasteiger partial charge in [0.05, 0.1) is 17.6 Å². The SMILES string of the molecule is CC1CCC(N2C(=O)C3=C(CCCC3)[C@](C)(C(=O)NCC(F)(F)F)[C@@H]2C2CCC(CO)CC2)NC1. The van der Waals surface area contributed by atoms with Gasteiger partial charge in [0.15, 0.2) is 0 Å². The Kier molecular flexibility index (Phi) is 7.86. The molecule has 35 heavy (non-hydrogen) atoms. The molecule has 1 saturated heterocycles. The molecule has 2 aliphatic carbocycles. The van der Waals surface area contributed by atoms with Crippen molar-refractivity contribution < 1.29 is 27.9 Å². The molecule has 2 aliphatic heterocycles. The lowest BCUT2D eigenvalue weighted by Gasteiger charge is -2.56. The number of alkyl halides is 3. The van der Waals surface area contributed by atoms with Crippen molar-refractivity contribution >= 4 is 11.8 Å². The molecule has 2 heterocycles. The molecule has 9 heteroatoms. The lowest BCUT2D eigenvalue weighted by Crippen LogP contribution is -2.68. The van der Waals surface area contributed by atoms with Gasteiger partial charge in [-0.05, 0) is 101 Å². The van der Waals surface area contributed by atoms with Crippen LogP contribution in [0.3, 0.4) is 0 Å². The predicted octanol–water partition coefficient (Wildman–Crippen LogP) is 3.90. The summed E-state index contributed by atoms with van der Waals surface area (Å²) in [7, 11) is 0. The third-order valence-corrected chi connectivity index (χ3v) is 8.97. The van der Waals surface area contributed by atoms with Crippen molar-refractivity contribution in [3.63, 3.8) is 0 Å². The number of amides is 2. The molecule has 6 nitrogen and oxygen atoms in total. The van der Waals surface area contributed by atoms with Crippen molar-refractivity contribution in [2.75, 3.05) is 19.7 Å². The predicted molar refractivity (Wildman–Crippen MR) is 126 cm³/mol. The molecule has 0 aromatic heterocycles. The van der Waals surface area contributed by atoms with E-state index in [1.807, 2.05) is 4.90 Å². The number of piperidine rings is 1. The molecule has 0 bridgehead atoms. The second kappa shape index (κ2) is 10.4. The standard InChI is InChI=1S/C26H40F3N3O3/c1-16-7-12-21(30-13-16)32-22(18-10-8-17(14-33)9-11-18)25(2,24(35)31-15-26(27,28)29)20-6-4-3-5-19(20)23(32)34/h16-18,21-22,30,33H,3-15H2,1-2H3,(H,31,35)/t16?,17?,18?,21?,22-,25-/m0/s1. The zero-order valence-electron chi connectivity index (χ0n) is 20.9. The van der Waals surface area contributed by atoms with Crippen LogP contribution in [0.25, 0.3) is 0 Å². The smallest absolute Gasteiger partial charge is 0.396 e. The summed E-state index contributed by atoms with van der Waals surface area (Å²) >= 11 is 0. The Labute approximate surface area is 206 Å². The maximum Gasteiger partial charge on any atom is 0.405 e. The lowest BCUT2D eigenvalue weighted by molar-refractivity contribution is -0.155. The van der Waals surface area contributed by atoms with Crippen LogP contribution in [0.1, 0.15) is 78.1 Å². The van der Waals surface area contributed by atoms with Crippen LogP contribution in [0.5, 0.6) is 0 Å². The first-order valence-electron chi connectivity index (χ1n) is 13.3. The van der Waals surface area contributed by atoms with Gasteiger partial charge in [0.2, 0.25) is 5.91 Å². The van der Waals surface area contributed by atoms with E-state index < -0.39 is 30.1 Å². The largest absolute Gasteiger partial charge is 0.405 e. The molecular weight excluding hydrogens is 459 g/mol. The van der Waals surface area contributed by atoms with Gasteiger partial charge < -0.3 is 15.3 Å². The monoisotopic (exact) mass is 499 g/mol. The fraction of sp³-hybridized carbons (Fsp3) is 0.846. The summed E-state index contributed by atoms with van der Waals surface area (Å²) in [5.74, 6) is 0.000699. The van der Waals surface area contributed by atoms with E-state index in [0.29, 0.717) is 24.3 Å². The van der Waals surface area contributed by atoms with Gasteiger partial charge in [-0.25, -0.2) is 0 Å². The van der Waals surface area contributed by atoms with Crippen molar-refractivity contribution in [1.82, 2.24) is 15.5 Å². The highest BCUT2D eigenvalue weighted by Crippen LogP contribution is 2.52. The minimum Gasteiger partial charge on any atom is -0.396 e. The van der Waals surface area contributed by atoms with Crippen molar-refractivity contribution in [2.24, 2.45) is 23.2 Å². The Morgan fingerprint density at radius 3 is 2.43 bits per heavy atom. The Morgan fingerprint density at radius 2 is 1.83 bits per heavy atom. The number of halogens is 3. The molecule has 2 unspecified atom stereocenters. The highest BCUT2D eigenvalue weighted by atomic mass is 19.4. The Bertz CT molecular complexity index is 829. The Hall–Kier alpha value is -1.61. The van der Waals surface area contributed by atoms with Crippen LogP contribution in [0.4, 0.5) is 13.2 Å². The maximum absolute atomic E-state index is 14.0. The molecule has 4 rings (SSSR count). The highest BCUT2D eigenvalue weighted by molar-refractivity contribution is 6.00. The van der Waals surface area contributed by atoms with Crippen LogP contribution in [-0.4, -0.2) is 59.9 Å². The van der Waals surface area contributed by atoms with Gasteiger partial charge in [-0.3, -0.25) is 14.9 Å². The molecule has 2 fully saturated rings. The molecule has 0 spiro atoms. The summed E-state index contributed by atoms with van der Waals surface area (Å²) in [4.78, 5) is 29.6. The van der Waals surface area contributed by atoms with E-state index in [1.165, 1.54) is 0 Å². The van der Waals surface area contributed by atoms with E-state index in [0.717, 1.165) is 63.5 Å². The van der Waals surface area contributed by atoms with E-state index in [9.17, 15) is 27.9 Å². The molecule has 1 saturated carbocycles. The summed E-state index contributed by atoms with van der Waals surface area (Å²) in [6.07, 6.45) is 2.87. The second-order valence-electron chi connectivity index (χ2n) is 11.4. The summed E-state index contributed by atoms with van der Waals surface area (Å²) in [6.45, 7) is 3.45. The first-order chi connectivity index (χ1) is 16.6. The minimum atomic E-state index is -4.50. The molecular formula is C26H40F3N3O3. The van der Waals surface area contributed by atoms with Gasteiger partial charge in [0, 0.05) is 12.2 Å². The molecule has 0 aromatic rings. The molecule has 3 N–H and O–H groups in total. The number of hydrogen-bond acceptors (Lipinski definition) is 4. The molecule has 2 amide bonds. The van der Waals surface area contributed by atoms with E-state index >= 15 is 0 Å². The van der Waals surface area contributed by atoms with Crippen molar-refractivity contribution in [2.45, 2.75) is 96.4 Å². The second-order valence-corrected chi connectivity index (χ2v) is 11.4. The van der Waals surface area contributed by atoms with E-state index in [-0.39, 0.29) is 30.5 Å². The summed E-state index contributed by atoms with van der Waals surface area (Å²) in [6, 6.07) is -0.509. The average molecular weight is 500 g/mol. The third-order valence-electron chi connectivity index (χ3n) is 8.97. The van der Waals surface area contributed by atoms with Crippen LogP contribution >= 0.6 is 0 Å². The summed E-state index contributed by atoms with van der Waals surface area (Å²) in [5, 5.41) is 15.4. The number of nitrogens with one attached hydrogen (secondary N) is 2. The summed E-state index contributed by atoms with van der Waals surface area (Å²) in [5.41, 5.74) is 0.181. The quantitative estimate of drug-likeness (QED) is 0.536. The van der Waals surface area contributed by atoms with Gasteiger partial charge in [0.1, 0.15) is 6.54 Å². The third kappa shape index (κ3) is 5.26. The molecule has 4 atom stereocenters. The molecule has 0 aromatic carbocycles. The number of carbonyl (C=O) groups excluding carboxylic acids is 2. The van der Waals surface area contributed by atoms with Crippen LogP contribution < -0.4 is 10.6 Å². The minimum absolute atomic E-state index is 0.0134. The van der Waals surface area contributed by atoms with Crippen LogP contribution in [0.2, 0.25) is 0 Å². The molecule has 198 valence electrons. The topological polar surface area (TPSA) is 81.7 Å². The zero-order valence-corrected chi connectivity index (χ0v) is 20.9. The fourth-order valence-electron chi connectivity index (χ4n) is 7.03. The van der Waals surface area contributed by atoms with Crippen LogP contribution in [-0.2, 0) is 9.59 Å². The number of rotatable bonds is 5. The number of nitrogens with zero attached hydrogens (tertiary/aromatic N) is 1. The number of hydrogen-bond donors (Lipinski definition) is 3. The van der Waals surface area contributed by atoms with Gasteiger partial charge in [-0.15, -0.1) is 0 Å². The van der Waals surface area contributed by atoms with Crippen molar-refractivity contribution in [1.29, 1.82) is 0 Å². The van der Waals surface area contributed by atoms with Gasteiger partial charge >= 0.3 is 6.18 Å². The van der Waals surface area contributed by atoms with Gasteiger partial charge in [0.25, 0.3) is 5.91 Å². The van der Waals surface area contributed by atoms with Crippen LogP contribution in [0.15, 0.2) is 11.1 Å². The van der Waals surface area contributed by atoms with Crippen LogP contribution in [0, 0.1) is 23.2 Å². The maximum atomic E-state index is 14.0. The Morgan fingerprint density at radius 1 is 1.14 bits per heavy atom. The van der Waals surface area contributed by atoms with E-state index in [4.69, 9.17) is 0 Å². The van der Waals surface area contributed by atoms with Crippen molar-refractivity contribution in [3.05, 3.63) is 11.1 Å². The number of carbonyl (C=O) groups is 2.